The second-order valence-electron chi connectivity index (χ2n) is 7.71. The Balaban J connectivity index is 1.33. The molecule has 0 atom stereocenters. The Kier molecular flexibility index (Phi) is 4.77. The second-order valence-corrected chi connectivity index (χ2v) is 7.71. The number of hydrogen-bond acceptors (Lipinski definition) is 3. The Morgan fingerprint density at radius 2 is 1.68 bits per heavy atom. The number of hydrogen-bond donors (Lipinski definition) is 0. The van der Waals surface area contributed by atoms with Gasteiger partial charge in [-0.25, -0.2) is 0 Å². The molecule has 25 heavy (non-hydrogen) atoms. The summed E-state index contributed by atoms with van der Waals surface area (Å²) in [7, 11) is 0. The molecule has 1 saturated carbocycles. The highest BCUT2D eigenvalue weighted by Gasteiger charge is 2.29. The van der Waals surface area contributed by atoms with Crippen LogP contribution < -0.4 is 0 Å². The summed E-state index contributed by atoms with van der Waals surface area (Å²) in [6.45, 7) is 3.54. The molecule has 2 amide bonds. The third-order valence-electron chi connectivity index (χ3n) is 6.07. The van der Waals surface area contributed by atoms with Crippen molar-refractivity contribution in [2.45, 2.75) is 57.9 Å². The molecule has 136 valence electrons. The molecule has 1 aromatic heterocycles. The van der Waals surface area contributed by atoms with E-state index in [0.717, 1.165) is 37.1 Å². The first-order chi connectivity index (χ1) is 12.2. The molecule has 0 radical (unpaired) electrons. The third kappa shape index (κ3) is 3.44. The topological polar surface area (TPSA) is 58.4 Å². The number of carbonyl (C=O) groups is 2. The van der Waals surface area contributed by atoms with E-state index in [9.17, 15) is 9.59 Å². The van der Waals surface area contributed by atoms with Gasteiger partial charge in [0.25, 0.3) is 5.91 Å². The van der Waals surface area contributed by atoms with Gasteiger partial charge in [-0.3, -0.25) is 14.3 Å². The molecule has 6 nitrogen and oxygen atoms in total. The van der Waals surface area contributed by atoms with E-state index in [-0.39, 0.29) is 11.8 Å². The molecule has 2 fully saturated rings. The van der Waals surface area contributed by atoms with Crippen LogP contribution in [0.4, 0.5) is 0 Å². The maximum absolute atomic E-state index is 12.9. The van der Waals surface area contributed by atoms with Crippen LogP contribution in [0.1, 0.15) is 61.0 Å². The molecule has 0 aromatic carbocycles. The fourth-order valence-corrected chi connectivity index (χ4v) is 4.52. The number of aryl methyl sites for hydroxylation is 1. The van der Waals surface area contributed by atoms with E-state index in [1.807, 2.05) is 14.5 Å². The van der Waals surface area contributed by atoms with E-state index in [0.29, 0.717) is 38.5 Å². The van der Waals surface area contributed by atoms with Crippen molar-refractivity contribution in [2.24, 2.45) is 5.92 Å². The maximum Gasteiger partial charge on any atom is 0.257 e. The molecule has 2 aliphatic heterocycles. The van der Waals surface area contributed by atoms with Gasteiger partial charge in [0.15, 0.2) is 0 Å². The first-order valence-corrected chi connectivity index (χ1v) is 9.84. The lowest BCUT2D eigenvalue weighted by Gasteiger charge is -2.35. The predicted molar refractivity (Wildman–Crippen MR) is 94.2 cm³/mol. The van der Waals surface area contributed by atoms with E-state index < -0.39 is 0 Å². The van der Waals surface area contributed by atoms with Crippen molar-refractivity contribution in [3.8, 4) is 0 Å². The lowest BCUT2D eigenvalue weighted by molar-refractivity contribution is -0.133. The molecule has 1 aromatic rings. The molecule has 6 heteroatoms. The van der Waals surface area contributed by atoms with E-state index >= 15 is 0 Å². The monoisotopic (exact) mass is 344 g/mol. The van der Waals surface area contributed by atoms with Crippen molar-refractivity contribution in [1.82, 2.24) is 19.6 Å². The van der Waals surface area contributed by atoms with Crippen molar-refractivity contribution in [3.63, 3.8) is 0 Å². The summed E-state index contributed by atoms with van der Waals surface area (Å²) in [5, 5.41) is 4.38. The predicted octanol–water partition coefficient (Wildman–Crippen LogP) is 2.08. The minimum Gasteiger partial charge on any atom is -0.339 e. The molecule has 3 aliphatic rings. The van der Waals surface area contributed by atoms with E-state index in [1.54, 1.807) is 6.20 Å². The Bertz CT molecular complexity index is 640. The van der Waals surface area contributed by atoms with Gasteiger partial charge < -0.3 is 9.80 Å². The lowest BCUT2D eigenvalue weighted by atomic mass is 10.0. The van der Waals surface area contributed by atoms with Crippen molar-refractivity contribution in [1.29, 1.82) is 0 Å². The SMILES string of the molecule is O=C(CC1CCCC1)N1CCN(C(=O)c2cnn3c2CCCC3)CC1. The number of aromatic nitrogens is 2. The van der Waals surface area contributed by atoms with Crippen molar-refractivity contribution < 1.29 is 9.59 Å². The number of amides is 2. The molecule has 1 aliphatic carbocycles. The van der Waals surface area contributed by atoms with Crippen LogP contribution in [0, 0.1) is 5.92 Å². The van der Waals surface area contributed by atoms with E-state index in [4.69, 9.17) is 0 Å². The summed E-state index contributed by atoms with van der Waals surface area (Å²) in [4.78, 5) is 29.2. The van der Waals surface area contributed by atoms with Crippen molar-refractivity contribution in [3.05, 3.63) is 17.5 Å². The Morgan fingerprint density at radius 3 is 2.44 bits per heavy atom. The molecule has 0 bridgehead atoms. The minimum absolute atomic E-state index is 0.0889. The first kappa shape index (κ1) is 16.6. The molecule has 1 saturated heterocycles. The van der Waals surface area contributed by atoms with Crippen molar-refractivity contribution in [2.75, 3.05) is 26.2 Å². The molecule has 0 N–H and O–H groups in total. The summed E-state index contributed by atoms with van der Waals surface area (Å²) >= 11 is 0. The largest absolute Gasteiger partial charge is 0.339 e. The molecule has 0 spiro atoms. The number of nitrogens with zero attached hydrogens (tertiary/aromatic N) is 4. The van der Waals surface area contributed by atoms with Gasteiger partial charge in [-0.2, -0.15) is 5.10 Å². The average Bonchev–Trinajstić information content (AvgIpc) is 3.31. The summed E-state index contributed by atoms with van der Waals surface area (Å²) in [5.41, 5.74) is 1.86. The zero-order valence-electron chi connectivity index (χ0n) is 15.0. The van der Waals surface area contributed by atoms with Crippen LogP contribution in [0.3, 0.4) is 0 Å². The van der Waals surface area contributed by atoms with E-state index in [1.165, 1.54) is 25.7 Å². The zero-order valence-corrected chi connectivity index (χ0v) is 15.0. The second kappa shape index (κ2) is 7.18. The fourth-order valence-electron chi connectivity index (χ4n) is 4.52. The molecular weight excluding hydrogens is 316 g/mol. The Hall–Kier alpha value is -1.85. The minimum atomic E-state index is 0.0889. The van der Waals surface area contributed by atoms with Gasteiger partial charge in [-0.05, 0) is 38.0 Å². The van der Waals surface area contributed by atoms with Gasteiger partial charge in [0.2, 0.25) is 5.91 Å². The van der Waals surface area contributed by atoms with Crippen LogP contribution in [-0.2, 0) is 17.8 Å². The summed E-state index contributed by atoms with van der Waals surface area (Å²) in [5.74, 6) is 0.957. The standard InChI is InChI=1S/C19H28N4O2/c24-18(13-15-5-1-2-6-15)21-9-11-22(12-10-21)19(25)16-14-20-23-8-4-3-7-17(16)23/h14-15H,1-13H2. The van der Waals surface area contributed by atoms with E-state index in [2.05, 4.69) is 5.10 Å². The molecular formula is C19H28N4O2. The van der Waals surface area contributed by atoms with Crippen LogP contribution in [0.25, 0.3) is 0 Å². The molecule has 4 rings (SSSR count). The average molecular weight is 344 g/mol. The van der Waals surface area contributed by atoms with Gasteiger partial charge in [0.05, 0.1) is 17.5 Å². The Labute approximate surface area is 149 Å². The summed E-state index contributed by atoms with van der Waals surface area (Å²) < 4.78 is 1.98. The quantitative estimate of drug-likeness (QED) is 0.843. The van der Waals surface area contributed by atoms with Gasteiger partial charge in [0.1, 0.15) is 0 Å². The normalized spacial score (nSPS) is 21.4. The van der Waals surface area contributed by atoms with Crippen LogP contribution in [-0.4, -0.2) is 57.6 Å². The van der Waals surface area contributed by atoms with Gasteiger partial charge in [-0.15, -0.1) is 0 Å². The van der Waals surface area contributed by atoms with Gasteiger partial charge in [0, 0.05) is 39.1 Å². The first-order valence-electron chi connectivity index (χ1n) is 9.84. The van der Waals surface area contributed by atoms with Crippen LogP contribution >= 0.6 is 0 Å². The molecule has 0 unspecified atom stereocenters. The van der Waals surface area contributed by atoms with Crippen LogP contribution in [0.2, 0.25) is 0 Å². The highest BCUT2D eigenvalue weighted by atomic mass is 16.2. The van der Waals surface area contributed by atoms with Gasteiger partial charge >= 0.3 is 0 Å². The zero-order chi connectivity index (χ0) is 17.2. The fraction of sp³-hybridized carbons (Fsp3) is 0.737. The number of piperazine rings is 1. The maximum atomic E-state index is 12.9. The number of carbonyl (C=O) groups excluding carboxylic acids is 2. The third-order valence-corrected chi connectivity index (χ3v) is 6.07. The van der Waals surface area contributed by atoms with Gasteiger partial charge in [-0.1, -0.05) is 12.8 Å². The van der Waals surface area contributed by atoms with Crippen LogP contribution in [0.5, 0.6) is 0 Å². The lowest BCUT2D eigenvalue weighted by Crippen LogP contribution is -2.51. The summed E-state index contributed by atoms with van der Waals surface area (Å²) in [6.07, 6.45) is 10.6. The highest BCUT2D eigenvalue weighted by molar-refractivity contribution is 5.95. The smallest absolute Gasteiger partial charge is 0.257 e. The number of fused-ring (bicyclic) bond motifs is 1. The number of rotatable bonds is 3. The molecule has 3 heterocycles. The highest BCUT2D eigenvalue weighted by Crippen LogP contribution is 2.28. The van der Waals surface area contributed by atoms with Crippen LogP contribution in [0.15, 0.2) is 6.20 Å². The van der Waals surface area contributed by atoms with Crippen molar-refractivity contribution >= 4 is 11.8 Å². The summed E-state index contributed by atoms with van der Waals surface area (Å²) in [6, 6.07) is 0. The Morgan fingerprint density at radius 1 is 0.960 bits per heavy atom.